The molecule has 15 heavy (non-hydrogen) atoms. The highest BCUT2D eigenvalue weighted by atomic mass is 79.9. The number of halogens is 5. The minimum absolute atomic E-state index is 0.162. The lowest BCUT2D eigenvalue weighted by atomic mass is 10.2. The average Bonchev–Trinajstić information content (AvgIpc) is 2.43. The Bertz CT molecular complexity index is 515. The van der Waals surface area contributed by atoms with Gasteiger partial charge >= 0.3 is 6.18 Å². The van der Waals surface area contributed by atoms with E-state index < -0.39 is 17.7 Å². The van der Waals surface area contributed by atoms with Crippen molar-refractivity contribution in [1.82, 2.24) is 4.98 Å². The van der Waals surface area contributed by atoms with Gasteiger partial charge in [-0.1, -0.05) is 0 Å². The second-order valence-electron chi connectivity index (χ2n) is 3.00. The number of alkyl halides is 3. The summed E-state index contributed by atoms with van der Waals surface area (Å²) in [6.45, 7) is 0. The molecule has 0 radical (unpaired) electrons. The molecule has 0 unspecified atom stereocenters. The minimum Gasteiger partial charge on any atom is -0.350 e. The fourth-order valence-corrected chi connectivity index (χ4v) is 1.98. The van der Waals surface area contributed by atoms with Crippen LogP contribution in [0.25, 0.3) is 10.9 Å². The number of nitrogens with one attached hydrogen (secondary N) is 1. The number of H-pyrrole nitrogens is 1. The lowest BCUT2D eigenvalue weighted by Crippen LogP contribution is -2.05. The van der Waals surface area contributed by atoms with Crippen molar-refractivity contribution in [2.75, 3.05) is 0 Å². The molecule has 6 heteroatoms. The number of fused-ring (bicyclic) bond motifs is 1. The van der Waals surface area contributed by atoms with E-state index in [1.807, 2.05) is 0 Å². The van der Waals surface area contributed by atoms with Crippen LogP contribution in [0.3, 0.4) is 0 Å². The van der Waals surface area contributed by atoms with Gasteiger partial charge in [0.2, 0.25) is 0 Å². The molecule has 1 heterocycles. The maximum Gasteiger partial charge on any atom is 0.432 e. The number of aromatic amines is 1. The summed E-state index contributed by atoms with van der Waals surface area (Å²) < 4.78 is 49.9. The van der Waals surface area contributed by atoms with Gasteiger partial charge in [0.15, 0.2) is 0 Å². The topological polar surface area (TPSA) is 15.8 Å². The van der Waals surface area contributed by atoms with Crippen LogP contribution in [0.15, 0.2) is 22.7 Å². The lowest BCUT2D eigenvalue weighted by molar-refractivity contribution is -0.141. The van der Waals surface area contributed by atoms with Gasteiger partial charge in [-0.05, 0) is 34.1 Å². The Morgan fingerprint density at radius 1 is 1.20 bits per heavy atom. The Morgan fingerprint density at radius 2 is 1.87 bits per heavy atom. The zero-order valence-electron chi connectivity index (χ0n) is 7.12. The second kappa shape index (κ2) is 3.23. The number of hydrogen-bond acceptors (Lipinski definition) is 0. The van der Waals surface area contributed by atoms with Crippen molar-refractivity contribution < 1.29 is 17.6 Å². The van der Waals surface area contributed by atoms with Crippen LogP contribution in [-0.2, 0) is 6.18 Å². The van der Waals surface area contributed by atoms with Gasteiger partial charge in [0.25, 0.3) is 0 Å². The van der Waals surface area contributed by atoms with Gasteiger partial charge in [0.1, 0.15) is 11.5 Å². The van der Waals surface area contributed by atoms with Crippen LogP contribution >= 0.6 is 15.9 Å². The Labute approximate surface area is 90.2 Å². The third-order valence-corrected chi connectivity index (χ3v) is 2.80. The normalized spacial score (nSPS) is 12.3. The summed E-state index contributed by atoms with van der Waals surface area (Å²) in [5.74, 6) is -0.573. The van der Waals surface area contributed by atoms with Crippen molar-refractivity contribution in [2.24, 2.45) is 0 Å². The van der Waals surface area contributed by atoms with Gasteiger partial charge in [-0.15, -0.1) is 0 Å². The second-order valence-corrected chi connectivity index (χ2v) is 3.79. The molecule has 1 aromatic heterocycles. The summed E-state index contributed by atoms with van der Waals surface area (Å²) in [6.07, 6.45) is -4.48. The van der Waals surface area contributed by atoms with Gasteiger partial charge in [-0.25, -0.2) is 4.39 Å². The van der Waals surface area contributed by atoms with Crippen LogP contribution in [0.5, 0.6) is 0 Å². The lowest BCUT2D eigenvalue weighted by Gasteiger charge is -2.03. The molecule has 0 amide bonds. The number of aromatic nitrogens is 1. The first kappa shape index (κ1) is 10.5. The van der Waals surface area contributed by atoms with Crippen LogP contribution in [0.2, 0.25) is 0 Å². The van der Waals surface area contributed by atoms with Crippen LogP contribution in [-0.4, -0.2) is 4.98 Å². The van der Waals surface area contributed by atoms with E-state index in [-0.39, 0.29) is 15.4 Å². The van der Waals surface area contributed by atoms with Crippen molar-refractivity contribution >= 4 is 26.8 Å². The van der Waals surface area contributed by atoms with Gasteiger partial charge in [0, 0.05) is 10.9 Å². The smallest absolute Gasteiger partial charge is 0.350 e. The summed E-state index contributed by atoms with van der Waals surface area (Å²) in [7, 11) is 0. The molecule has 1 aromatic carbocycles. The highest BCUT2D eigenvalue weighted by Crippen LogP contribution is 2.38. The predicted octanol–water partition coefficient (Wildman–Crippen LogP) is 4.09. The molecule has 0 bridgehead atoms. The number of benzene rings is 1. The van der Waals surface area contributed by atoms with Crippen molar-refractivity contribution in [1.29, 1.82) is 0 Å². The van der Waals surface area contributed by atoms with Crippen molar-refractivity contribution in [3.05, 3.63) is 34.2 Å². The fraction of sp³-hybridized carbons (Fsp3) is 0.111. The standard InChI is InChI=1S/C9H4BrF4N/c10-7-5-3-4(11)1-2-6(5)15-8(7)9(12,13)14/h1-3,15H. The van der Waals surface area contributed by atoms with Crippen LogP contribution < -0.4 is 0 Å². The SMILES string of the molecule is Fc1ccc2[nH]c(C(F)(F)F)c(Br)c2c1. The molecule has 0 aliphatic carbocycles. The molecule has 1 N–H and O–H groups in total. The van der Waals surface area contributed by atoms with E-state index in [2.05, 4.69) is 20.9 Å². The monoisotopic (exact) mass is 281 g/mol. The Balaban J connectivity index is 2.76. The zero-order chi connectivity index (χ0) is 11.2. The third-order valence-electron chi connectivity index (χ3n) is 1.98. The summed E-state index contributed by atoms with van der Waals surface area (Å²) in [5, 5.41) is 0.183. The molecule has 2 aromatic rings. The quantitative estimate of drug-likeness (QED) is 0.700. The molecule has 0 fully saturated rings. The highest BCUT2D eigenvalue weighted by Gasteiger charge is 2.35. The zero-order valence-corrected chi connectivity index (χ0v) is 8.71. The summed E-state index contributed by atoms with van der Waals surface area (Å²) in [6, 6.07) is 3.42. The van der Waals surface area contributed by atoms with Crippen LogP contribution in [0.4, 0.5) is 17.6 Å². The van der Waals surface area contributed by atoms with E-state index in [1.165, 1.54) is 6.07 Å². The van der Waals surface area contributed by atoms with Gasteiger partial charge in [-0.3, -0.25) is 0 Å². The first-order valence-electron chi connectivity index (χ1n) is 3.93. The highest BCUT2D eigenvalue weighted by molar-refractivity contribution is 9.10. The maximum atomic E-state index is 12.8. The molecular formula is C9H4BrF4N. The Morgan fingerprint density at radius 3 is 2.47 bits per heavy atom. The van der Waals surface area contributed by atoms with E-state index in [0.717, 1.165) is 12.1 Å². The number of rotatable bonds is 0. The molecular weight excluding hydrogens is 278 g/mol. The van der Waals surface area contributed by atoms with Crippen molar-refractivity contribution in [2.45, 2.75) is 6.18 Å². The molecule has 0 atom stereocenters. The van der Waals surface area contributed by atoms with E-state index in [0.29, 0.717) is 0 Å². The Hall–Kier alpha value is -1.04. The van der Waals surface area contributed by atoms with E-state index in [9.17, 15) is 17.6 Å². The molecule has 0 aliphatic rings. The Kier molecular flexibility index (Phi) is 2.26. The fourth-order valence-electron chi connectivity index (χ4n) is 1.33. The van der Waals surface area contributed by atoms with Crippen molar-refractivity contribution in [3.63, 3.8) is 0 Å². The first-order valence-corrected chi connectivity index (χ1v) is 4.73. The maximum absolute atomic E-state index is 12.8. The molecule has 80 valence electrons. The van der Waals surface area contributed by atoms with Crippen molar-refractivity contribution in [3.8, 4) is 0 Å². The predicted molar refractivity (Wildman–Crippen MR) is 51.0 cm³/mol. The molecule has 0 saturated heterocycles. The average molecular weight is 282 g/mol. The third kappa shape index (κ3) is 1.73. The summed E-state index contributed by atoms with van der Waals surface area (Å²) in [5.41, 5.74) is -0.654. The minimum atomic E-state index is -4.48. The molecule has 0 aliphatic heterocycles. The van der Waals surface area contributed by atoms with Gasteiger partial charge in [-0.2, -0.15) is 13.2 Å². The van der Waals surface area contributed by atoms with E-state index in [4.69, 9.17) is 0 Å². The van der Waals surface area contributed by atoms with Gasteiger partial charge in [0.05, 0.1) is 4.47 Å². The molecule has 1 nitrogen and oxygen atoms in total. The molecule has 0 spiro atoms. The molecule has 2 rings (SSSR count). The van der Waals surface area contributed by atoms with E-state index >= 15 is 0 Å². The first-order chi connectivity index (χ1) is 6.89. The van der Waals surface area contributed by atoms with Crippen LogP contribution in [0, 0.1) is 5.82 Å². The van der Waals surface area contributed by atoms with Crippen LogP contribution in [0.1, 0.15) is 5.69 Å². The summed E-state index contributed by atoms with van der Waals surface area (Å²) in [4.78, 5) is 2.19. The number of hydrogen-bond donors (Lipinski definition) is 1. The van der Waals surface area contributed by atoms with Gasteiger partial charge < -0.3 is 4.98 Å². The summed E-state index contributed by atoms with van der Waals surface area (Å²) >= 11 is 2.80. The largest absolute Gasteiger partial charge is 0.432 e. The van der Waals surface area contributed by atoms with E-state index in [1.54, 1.807) is 0 Å². The molecule has 0 saturated carbocycles.